The van der Waals surface area contributed by atoms with E-state index in [9.17, 15) is 0 Å². The zero-order valence-corrected chi connectivity index (χ0v) is 13.8. The second-order valence-corrected chi connectivity index (χ2v) is 6.33. The van der Waals surface area contributed by atoms with Crippen LogP contribution in [0.5, 0.6) is 0 Å². The van der Waals surface area contributed by atoms with Crippen molar-refractivity contribution in [1.29, 1.82) is 0 Å². The summed E-state index contributed by atoms with van der Waals surface area (Å²) in [4.78, 5) is 10.8. The third kappa shape index (κ3) is 3.01. The Morgan fingerprint density at radius 3 is 2.55 bits per heavy atom. The van der Waals surface area contributed by atoms with Gasteiger partial charge in [-0.05, 0) is 37.3 Å². The molecule has 3 nitrogen and oxygen atoms in total. The number of rotatable bonds is 5. The van der Waals surface area contributed by atoms with Crippen LogP contribution in [0, 0.1) is 13.8 Å². The summed E-state index contributed by atoms with van der Waals surface area (Å²) in [5.41, 5.74) is 3.51. The summed E-state index contributed by atoms with van der Waals surface area (Å²) in [6, 6.07) is 2.15. The van der Waals surface area contributed by atoms with Crippen molar-refractivity contribution in [2.45, 2.75) is 47.0 Å². The van der Waals surface area contributed by atoms with Gasteiger partial charge in [0.15, 0.2) is 0 Å². The fourth-order valence-electron chi connectivity index (χ4n) is 2.04. The lowest BCUT2D eigenvalue weighted by Gasteiger charge is -2.15. The second kappa shape index (κ2) is 6.35. The lowest BCUT2D eigenvalue weighted by Crippen LogP contribution is -2.09. The van der Waals surface area contributed by atoms with E-state index in [4.69, 9.17) is 9.97 Å². The number of hydrogen-bond acceptors (Lipinski definition) is 4. The summed E-state index contributed by atoms with van der Waals surface area (Å²) in [6.45, 7) is 11.6. The first kappa shape index (κ1) is 15.0. The van der Waals surface area contributed by atoms with Gasteiger partial charge in [-0.25, -0.2) is 9.97 Å². The molecule has 2 heterocycles. The smallest absolute Gasteiger partial charge is 0.134 e. The molecular formula is C16H23N3S. The zero-order chi connectivity index (χ0) is 14.7. The highest BCUT2D eigenvalue weighted by Gasteiger charge is 2.16. The first-order valence-electron chi connectivity index (χ1n) is 7.21. The van der Waals surface area contributed by atoms with Crippen molar-refractivity contribution in [1.82, 2.24) is 9.97 Å². The molecule has 2 aromatic heterocycles. The molecule has 1 N–H and O–H groups in total. The summed E-state index contributed by atoms with van der Waals surface area (Å²) in [5, 5.41) is 5.56. The summed E-state index contributed by atoms with van der Waals surface area (Å²) in [5.74, 6) is 2.22. The van der Waals surface area contributed by atoms with Crippen LogP contribution in [0.4, 0.5) is 5.82 Å². The van der Waals surface area contributed by atoms with E-state index < -0.39 is 0 Å². The Morgan fingerprint density at radius 2 is 2.00 bits per heavy atom. The van der Waals surface area contributed by atoms with E-state index in [1.54, 1.807) is 11.3 Å². The van der Waals surface area contributed by atoms with Crippen molar-refractivity contribution >= 4 is 17.2 Å². The Kier molecular flexibility index (Phi) is 4.76. The molecule has 2 rings (SSSR count). The average Bonchev–Trinajstić information content (AvgIpc) is 2.83. The predicted octanol–water partition coefficient (Wildman–Crippen LogP) is 4.77. The van der Waals surface area contributed by atoms with Gasteiger partial charge in [0.25, 0.3) is 0 Å². The highest BCUT2D eigenvalue weighted by atomic mass is 32.1. The third-order valence-electron chi connectivity index (χ3n) is 3.30. The van der Waals surface area contributed by atoms with Crippen LogP contribution in [-0.2, 0) is 0 Å². The molecule has 0 saturated heterocycles. The Balaban J connectivity index is 2.55. The van der Waals surface area contributed by atoms with Crippen LogP contribution in [0.3, 0.4) is 0 Å². The Hall–Kier alpha value is -1.42. The maximum Gasteiger partial charge on any atom is 0.134 e. The number of nitrogens with zero attached hydrogens (tertiary/aromatic N) is 2. The summed E-state index contributed by atoms with van der Waals surface area (Å²) >= 11 is 1.75. The fourth-order valence-corrected chi connectivity index (χ4v) is 3.02. The van der Waals surface area contributed by atoms with Gasteiger partial charge >= 0.3 is 0 Å². The minimum absolute atomic E-state index is 0.330. The quantitative estimate of drug-likeness (QED) is 0.861. The fraction of sp³-hybridized carbons (Fsp3) is 0.500. The molecule has 0 atom stereocenters. The number of nitrogens with one attached hydrogen (secondary N) is 1. The maximum absolute atomic E-state index is 4.80. The van der Waals surface area contributed by atoms with E-state index in [0.717, 1.165) is 35.9 Å². The highest BCUT2D eigenvalue weighted by molar-refractivity contribution is 7.13. The van der Waals surface area contributed by atoms with Crippen molar-refractivity contribution in [3.05, 3.63) is 28.4 Å². The molecule has 0 aliphatic rings. The van der Waals surface area contributed by atoms with E-state index in [2.05, 4.69) is 51.4 Å². The molecule has 0 aromatic carbocycles. The second-order valence-electron chi connectivity index (χ2n) is 5.42. The number of thiophene rings is 1. The van der Waals surface area contributed by atoms with Crippen LogP contribution in [0.1, 0.15) is 50.1 Å². The van der Waals surface area contributed by atoms with Gasteiger partial charge < -0.3 is 5.32 Å². The van der Waals surface area contributed by atoms with E-state index in [-0.39, 0.29) is 0 Å². The molecule has 0 amide bonds. The number of aromatic nitrogens is 2. The summed E-state index contributed by atoms with van der Waals surface area (Å²) in [6.07, 6.45) is 1.09. The van der Waals surface area contributed by atoms with Crippen LogP contribution < -0.4 is 5.32 Å². The highest BCUT2D eigenvalue weighted by Crippen LogP contribution is 2.33. The molecule has 20 heavy (non-hydrogen) atoms. The Morgan fingerprint density at radius 1 is 1.25 bits per heavy atom. The molecule has 0 aliphatic heterocycles. The van der Waals surface area contributed by atoms with Crippen molar-refractivity contribution in [2.75, 3.05) is 11.9 Å². The van der Waals surface area contributed by atoms with Gasteiger partial charge in [0.1, 0.15) is 11.6 Å². The molecule has 2 aromatic rings. The first-order valence-corrected chi connectivity index (χ1v) is 8.09. The van der Waals surface area contributed by atoms with E-state index >= 15 is 0 Å². The summed E-state index contributed by atoms with van der Waals surface area (Å²) < 4.78 is 0. The third-order valence-corrected chi connectivity index (χ3v) is 4.32. The van der Waals surface area contributed by atoms with Gasteiger partial charge in [-0.15, -0.1) is 11.3 Å². The van der Waals surface area contributed by atoms with E-state index in [1.807, 2.05) is 0 Å². The van der Waals surface area contributed by atoms with Gasteiger partial charge in [0.05, 0.1) is 10.6 Å². The topological polar surface area (TPSA) is 37.8 Å². The molecule has 0 aliphatic carbocycles. The van der Waals surface area contributed by atoms with E-state index in [0.29, 0.717) is 5.92 Å². The number of aryl methyl sites for hydroxylation is 1. The van der Waals surface area contributed by atoms with Gasteiger partial charge in [0.2, 0.25) is 0 Å². The van der Waals surface area contributed by atoms with Crippen LogP contribution in [0.15, 0.2) is 11.4 Å². The maximum atomic E-state index is 4.80. The van der Waals surface area contributed by atoms with Crippen LogP contribution in [-0.4, -0.2) is 16.5 Å². The molecule has 0 fully saturated rings. The SMILES string of the molecule is CCCNc1nc(C(C)C)nc(-c2sccc2C)c1C. The number of anilines is 1. The lowest BCUT2D eigenvalue weighted by atomic mass is 10.1. The minimum atomic E-state index is 0.330. The van der Waals surface area contributed by atoms with Crippen molar-refractivity contribution in [3.8, 4) is 10.6 Å². The van der Waals surface area contributed by atoms with Gasteiger partial charge in [-0.1, -0.05) is 20.8 Å². The minimum Gasteiger partial charge on any atom is -0.370 e. The molecule has 0 saturated carbocycles. The largest absolute Gasteiger partial charge is 0.370 e. The Labute approximate surface area is 125 Å². The van der Waals surface area contributed by atoms with Crippen LogP contribution in [0.2, 0.25) is 0 Å². The van der Waals surface area contributed by atoms with Crippen molar-refractivity contribution in [3.63, 3.8) is 0 Å². The molecule has 108 valence electrons. The average molecular weight is 289 g/mol. The van der Waals surface area contributed by atoms with Gasteiger partial charge in [-0.2, -0.15) is 0 Å². The Bertz CT molecular complexity index is 587. The molecule has 0 spiro atoms. The normalized spacial score (nSPS) is 11.1. The van der Waals surface area contributed by atoms with Crippen molar-refractivity contribution in [2.24, 2.45) is 0 Å². The molecule has 0 radical (unpaired) electrons. The van der Waals surface area contributed by atoms with Gasteiger partial charge in [-0.3, -0.25) is 0 Å². The first-order chi connectivity index (χ1) is 9.54. The van der Waals surface area contributed by atoms with Crippen LogP contribution in [0.25, 0.3) is 10.6 Å². The van der Waals surface area contributed by atoms with E-state index in [1.165, 1.54) is 10.4 Å². The molecule has 0 unspecified atom stereocenters. The summed E-state index contributed by atoms with van der Waals surface area (Å²) in [7, 11) is 0. The standard InChI is InChI=1S/C16H23N3S/c1-6-8-17-16-12(5)13(14-11(4)7-9-20-14)18-15(19-16)10(2)3/h7,9-10H,6,8H2,1-5H3,(H,17,18,19). The van der Waals surface area contributed by atoms with Crippen molar-refractivity contribution < 1.29 is 0 Å². The predicted molar refractivity (Wildman–Crippen MR) is 87.7 cm³/mol. The molecule has 0 bridgehead atoms. The van der Waals surface area contributed by atoms with Gasteiger partial charge in [0, 0.05) is 18.0 Å². The molecule has 4 heteroatoms. The molecular weight excluding hydrogens is 266 g/mol. The zero-order valence-electron chi connectivity index (χ0n) is 12.9. The van der Waals surface area contributed by atoms with Crippen LogP contribution >= 0.6 is 11.3 Å². The number of hydrogen-bond donors (Lipinski definition) is 1. The lowest BCUT2D eigenvalue weighted by molar-refractivity contribution is 0.773. The monoisotopic (exact) mass is 289 g/mol.